The third-order valence-electron chi connectivity index (χ3n) is 3.77. The van der Waals surface area contributed by atoms with E-state index in [2.05, 4.69) is 5.10 Å². The normalized spacial score (nSPS) is 20.4. The number of amides is 1. The van der Waals surface area contributed by atoms with Gasteiger partial charge in [0.1, 0.15) is 5.60 Å². The minimum absolute atomic E-state index is 0.191. The summed E-state index contributed by atoms with van der Waals surface area (Å²) >= 11 is 0. The second-order valence-electron chi connectivity index (χ2n) is 6.89. The fraction of sp³-hybridized carbons (Fsp3) is 0.750. The summed E-state index contributed by atoms with van der Waals surface area (Å²) in [6.45, 7) is 9.89. The molecule has 0 aromatic carbocycles. The predicted octanol–water partition coefficient (Wildman–Crippen LogP) is 1.41. The molecule has 2 atom stereocenters. The van der Waals surface area contributed by atoms with Gasteiger partial charge in [0, 0.05) is 25.3 Å². The Bertz CT molecular complexity index is 524. The summed E-state index contributed by atoms with van der Waals surface area (Å²) in [6.07, 6.45) is 4.13. The minimum Gasteiger partial charge on any atom is -0.444 e. The summed E-state index contributed by atoms with van der Waals surface area (Å²) in [6, 6.07) is -0.416. The number of morpholine rings is 1. The van der Waals surface area contributed by atoms with Crippen LogP contribution in [0.1, 0.15) is 33.3 Å². The highest BCUT2D eigenvalue weighted by atomic mass is 16.6. The lowest BCUT2D eigenvalue weighted by Gasteiger charge is -2.39. The van der Waals surface area contributed by atoms with Gasteiger partial charge in [0.15, 0.2) is 0 Å². The molecule has 1 saturated heterocycles. The molecule has 1 amide bonds. The van der Waals surface area contributed by atoms with Crippen molar-refractivity contribution in [2.75, 3.05) is 19.8 Å². The SMILES string of the molecule is CCn1cc(CC(N)C2COCCN2C(=O)OC(C)(C)C)cn1. The fourth-order valence-electron chi connectivity index (χ4n) is 2.62. The Labute approximate surface area is 137 Å². The Kier molecular flexibility index (Phi) is 5.64. The van der Waals surface area contributed by atoms with Gasteiger partial charge in [0.25, 0.3) is 0 Å². The Hall–Kier alpha value is -1.60. The summed E-state index contributed by atoms with van der Waals surface area (Å²) in [4.78, 5) is 14.1. The van der Waals surface area contributed by atoms with E-state index in [1.807, 2.05) is 44.8 Å². The lowest BCUT2D eigenvalue weighted by Crippen LogP contribution is -2.58. The maximum Gasteiger partial charge on any atom is 0.410 e. The second kappa shape index (κ2) is 7.31. The van der Waals surface area contributed by atoms with Gasteiger partial charge in [-0.2, -0.15) is 5.10 Å². The van der Waals surface area contributed by atoms with Gasteiger partial charge in [-0.15, -0.1) is 0 Å². The third-order valence-corrected chi connectivity index (χ3v) is 3.77. The third kappa shape index (κ3) is 4.94. The minimum atomic E-state index is -0.522. The van der Waals surface area contributed by atoms with Crippen LogP contribution in [0.15, 0.2) is 12.4 Å². The maximum absolute atomic E-state index is 12.4. The number of carbonyl (C=O) groups is 1. The molecule has 1 aliphatic rings. The number of aromatic nitrogens is 2. The van der Waals surface area contributed by atoms with Gasteiger partial charge < -0.3 is 15.2 Å². The Morgan fingerprint density at radius 1 is 1.57 bits per heavy atom. The molecule has 2 N–H and O–H groups in total. The molecule has 1 aliphatic heterocycles. The standard InChI is InChI=1S/C16H28N4O3/c1-5-19-10-12(9-18-19)8-13(17)14-11-22-7-6-20(14)15(21)23-16(2,3)4/h9-10,13-14H,5-8,11,17H2,1-4H3. The number of aryl methyl sites for hydroxylation is 1. The van der Waals surface area contributed by atoms with Crippen LogP contribution in [0.3, 0.4) is 0 Å². The van der Waals surface area contributed by atoms with Gasteiger partial charge in [0.05, 0.1) is 25.5 Å². The molecule has 0 radical (unpaired) electrons. The van der Waals surface area contributed by atoms with Gasteiger partial charge in [0.2, 0.25) is 0 Å². The van der Waals surface area contributed by atoms with Crippen molar-refractivity contribution in [1.29, 1.82) is 0 Å². The molecular formula is C16H28N4O3. The highest BCUT2D eigenvalue weighted by Crippen LogP contribution is 2.17. The van der Waals surface area contributed by atoms with E-state index in [0.29, 0.717) is 26.2 Å². The molecule has 7 heteroatoms. The van der Waals surface area contributed by atoms with Crippen LogP contribution in [0.4, 0.5) is 4.79 Å². The van der Waals surface area contributed by atoms with E-state index in [0.717, 1.165) is 12.1 Å². The van der Waals surface area contributed by atoms with Crippen LogP contribution in [-0.2, 0) is 22.4 Å². The van der Waals surface area contributed by atoms with E-state index in [4.69, 9.17) is 15.2 Å². The van der Waals surface area contributed by atoms with E-state index >= 15 is 0 Å². The van der Waals surface area contributed by atoms with Gasteiger partial charge in [-0.05, 0) is 39.7 Å². The van der Waals surface area contributed by atoms with Crippen molar-refractivity contribution in [1.82, 2.24) is 14.7 Å². The van der Waals surface area contributed by atoms with Crippen LogP contribution in [0.5, 0.6) is 0 Å². The van der Waals surface area contributed by atoms with Crippen molar-refractivity contribution in [2.45, 2.75) is 58.3 Å². The van der Waals surface area contributed by atoms with Crippen LogP contribution < -0.4 is 5.73 Å². The largest absolute Gasteiger partial charge is 0.444 e. The van der Waals surface area contributed by atoms with Gasteiger partial charge >= 0.3 is 6.09 Å². The van der Waals surface area contributed by atoms with E-state index in [-0.39, 0.29) is 18.2 Å². The fourth-order valence-corrected chi connectivity index (χ4v) is 2.62. The van der Waals surface area contributed by atoms with E-state index in [9.17, 15) is 4.79 Å². The average molecular weight is 324 g/mol. The maximum atomic E-state index is 12.4. The topological polar surface area (TPSA) is 82.6 Å². The highest BCUT2D eigenvalue weighted by molar-refractivity contribution is 5.68. The van der Waals surface area contributed by atoms with Crippen molar-refractivity contribution in [2.24, 2.45) is 5.73 Å². The molecule has 0 saturated carbocycles. The Balaban J connectivity index is 2.03. The first-order chi connectivity index (χ1) is 10.8. The Morgan fingerprint density at radius 2 is 2.30 bits per heavy atom. The molecule has 0 bridgehead atoms. The second-order valence-corrected chi connectivity index (χ2v) is 6.89. The number of carbonyl (C=O) groups excluding carboxylic acids is 1. The van der Waals surface area contributed by atoms with Crippen LogP contribution in [0.2, 0.25) is 0 Å². The first kappa shape index (κ1) is 17.7. The number of nitrogens with zero attached hydrogens (tertiary/aromatic N) is 3. The molecule has 2 unspecified atom stereocenters. The highest BCUT2D eigenvalue weighted by Gasteiger charge is 2.34. The molecule has 2 heterocycles. The lowest BCUT2D eigenvalue weighted by atomic mass is 10.0. The zero-order chi connectivity index (χ0) is 17.0. The van der Waals surface area contributed by atoms with Gasteiger partial charge in [-0.3, -0.25) is 9.58 Å². The predicted molar refractivity (Wildman–Crippen MR) is 87.1 cm³/mol. The van der Waals surface area contributed by atoms with Crippen LogP contribution in [0, 0.1) is 0 Å². The first-order valence-corrected chi connectivity index (χ1v) is 8.14. The van der Waals surface area contributed by atoms with Crippen LogP contribution >= 0.6 is 0 Å². The summed E-state index contributed by atoms with van der Waals surface area (Å²) in [5.41, 5.74) is 6.90. The smallest absolute Gasteiger partial charge is 0.410 e. The van der Waals surface area contributed by atoms with Crippen LogP contribution in [-0.4, -0.2) is 58.2 Å². The monoisotopic (exact) mass is 324 g/mol. The summed E-state index contributed by atoms with van der Waals surface area (Å²) < 4.78 is 12.9. The van der Waals surface area contributed by atoms with Crippen molar-refractivity contribution in [3.8, 4) is 0 Å². The van der Waals surface area contributed by atoms with Crippen molar-refractivity contribution in [3.63, 3.8) is 0 Å². The number of nitrogens with two attached hydrogens (primary N) is 1. The van der Waals surface area contributed by atoms with Gasteiger partial charge in [-0.25, -0.2) is 4.79 Å². The number of ether oxygens (including phenoxy) is 2. The van der Waals surface area contributed by atoms with E-state index < -0.39 is 5.60 Å². The van der Waals surface area contributed by atoms with E-state index in [1.165, 1.54) is 0 Å². The number of hydrogen-bond donors (Lipinski definition) is 1. The first-order valence-electron chi connectivity index (χ1n) is 8.14. The molecule has 130 valence electrons. The molecule has 1 aromatic heterocycles. The zero-order valence-corrected chi connectivity index (χ0v) is 14.5. The number of rotatable bonds is 4. The van der Waals surface area contributed by atoms with Crippen molar-refractivity contribution < 1.29 is 14.3 Å². The summed E-state index contributed by atoms with van der Waals surface area (Å²) in [5, 5.41) is 4.26. The molecule has 0 spiro atoms. The van der Waals surface area contributed by atoms with Crippen LogP contribution in [0.25, 0.3) is 0 Å². The quantitative estimate of drug-likeness (QED) is 0.905. The van der Waals surface area contributed by atoms with Crippen molar-refractivity contribution >= 4 is 6.09 Å². The Morgan fingerprint density at radius 3 is 2.91 bits per heavy atom. The number of hydrogen-bond acceptors (Lipinski definition) is 5. The molecule has 0 aliphatic carbocycles. The van der Waals surface area contributed by atoms with E-state index in [1.54, 1.807) is 4.90 Å². The molecular weight excluding hydrogens is 296 g/mol. The molecule has 2 rings (SSSR count). The molecule has 23 heavy (non-hydrogen) atoms. The average Bonchev–Trinajstić information content (AvgIpc) is 2.93. The molecule has 1 aromatic rings. The lowest BCUT2D eigenvalue weighted by molar-refractivity contribution is -0.0378. The molecule has 1 fully saturated rings. The zero-order valence-electron chi connectivity index (χ0n) is 14.5. The molecule has 7 nitrogen and oxygen atoms in total. The van der Waals surface area contributed by atoms with Gasteiger partial charge in [-0.1, -0.05) is 0 Å². The van der Waals surface area contributed by atoms with Crippen molar-refractivity contribution in [3.05, 3.63) is 18.0 Å². The summed E-state index contributed by atoms with van der Waals surface area (Å²) in [7, 11) is 0. The summed E-state index contributed by atoms with van der Waals surface area (Å²) in [5.74, 6) is 0.